The lowest BCUT2D eigenvalue weighted by Crippen LogP contribution is -2.17. The van der Waals surface area contributed by atoms with Crippen molar-refractivity contribution in [3.8, 4) is 0 Å². The summed E-state index contributed by atoms with van der Waals surface area (Å²) in [5, 5.41) is 3.28. The Hall–Kier alpha value is -1.20. The molecule has 17 heavy (non-hydrogen) atoms. The van der Waals surface area contributed by atoms with Crippen molar-refractivity contribution in [3.63, 3.8) is 0 Å². The van der Waals surface area contributed by atoms with E-state index in [0.29, 0.717) is 4.99 Å². The van der Waals surface area contributed by atoms with E-state index in [2.05, 4.69) is 29.3 Å². The molecule has 0 aromatic carbocycles. The Morgan fingerprint density at radius 1 is 1.47 bits per heavy atom. The van der Waals surface area contributed by atoms with Crippen LogP contribution in [0.15, 0.2) is 12.1 Å². The average molecular weight is 252 g/mol. The predicted molar refractivity (Wildman–Crippen MR) is 76.5 cm³/mol. The minimum absolute atomic E-state index is 0.409. The smallest absolute Gasteiger partial charge is 0.126 e. The van der Waals surface area contributed by atoms with Gasteiger partial charge in [0.25, 0.3) is 0 Å². The van der Waals surface area contributed by atoms with Crippen molar-refractivity contribution in [2.45, 2.75) is 13.3 Å². The number of nitrogens with two attached hydrogens (primary N) is 1. The Bertz CT molecular complexity index is 390. The molecule has 0 aliphatic carbocycles. The summed E-state index contributed by atoms with van der Waals surface area (Å²) in [6, 6.07) is 3.79. The lowest BCUT2D eigenvalue weighted by molar-refractivity contribution is 0.405. The highest BCUT2D eigenvalue weighted by molar-refractivity contribution is 7.80. The molecular weight excluding hydrogens is 232 g/mol. The summed E-state index contributed by atoms with van der Waals surface area (Å²) in [7, 11) is 4.13. The molecule has 4 nitrogen and oxygen atoms in total. The van der Waals surface area contributed by atoms with Crippen LogP contribution in [0.1, 0.15) is 17.7 Å². The molecule has 1 aromatic rings. The normalized spacial score (nSPS) is 10.6. The summed E-state index contributed by atoms with van der Waals surface area (Å²) in [5.41, 5.74) is 7.40. The van der Waals surface area contributed by atoms with Crippen LogP contribution in [0.3, 0.4) is 0 Å². The molecule has 0 saturated heterocycles. The van der Waals surface area contributed by atoms with Crippen molar-refractivity contribution in [1.82, 2.24) is 9.88 Å². The number of anilines is 1. The van der Waals surface area contributed by atoms with Crippen molar-refractivity contribution in [1.29, 1.82) is 0 Å². The van der Waals surface area contributed by atoms with Crippen LogP contribution in [0.2, 0.25) is 0 Å². The van der Waals surface area contributed by atoms with E-state index in [4.69, 9.17) is 18.0 Å². The van der Waals surface area contributed by atoms with E-state index in [1.807, 2.05) is 19.1 Å². The number of pyridine rings is 1. The standard InChI is InChI=1S/C12H20N4S/c1-9-7-10(12(13)17)8-11(15-9)14-5-4-6-16(2)3/h7-8H,4-6H2,1-3H3,(H2,13,17)(H,14,15). The van der Waals surface area contributed by atoms with Gasteiger partial charge in [0.15, 0.2) is 0 Å². The van der Waals surface area contributed by atoms with Crippen LogP contribution in [-0.2, 0) is 0 Å². The number of aromatic nitrogens is 1. The van der Waals surface area contributed by atoms with Gasteiger partial charge in [-0.05, 0) is 46.1 Å². The van der Waals surface area contributed by atoms with Crippen molar-refractivity contribution in [2.24, 2.45) is 5.73 Å². The van der Waals surface area contributed by atoms with E-state index >= 15 is 0 Å². The number of nitrogens with one attached hydrogen (secondary N) is 1. The molecule has 0 unspecified atom stereocenters. The van der Waals surface area contributed by atoms with Gasteiger partial charge in [-0.25, -0.2) is 4.98 Å². The molecule has 0 radical (unpaired) electrons. The molecule has 0 saturated carbocycles. The monoisotopic (exact) mass is 252 g/mol. The van der Waals surface area contributed by atoms with E-state index in [0.717, 1.165) is 36.6 Å². The molecule has 94 valence electrons. The fraction of sp³-hybridized carbons (Fsp3) is 0.500. The summed E-state index contributed by atoms with van der Waals surface area (Å²) in [5.74, 6) is 0.839. The number of hydrogen-bond donors (Lipinski definition) is 2. The number of rotatable bonds is 6. The molecule has 1 rings (SSSR count). The Balaban J connectivity index is 2.56. The minimum Gasteiger partial charge on any atom is -0.389 e. The molecule has 0 aliphatic rings. The maximum absolute atomic E-state index is 5.62. The number of thiocarbonyl (C=S) groups is 1. The third-order valence-corrected chi connectivity index (χ3v) is 2.56. The SMILES string of the molecule is Cc1cc(C(N)=S)cc(NCCCN(C)C)n1. The van der Waals surface area contributed by atoms with Crippen LogP contribution in [0.5, 0.6) is 0 Å². The number of aryl methyl sites for hydroxylation is 1. The van der Waals surface area contributed by atoms with E-state index < -0.39 is 0 Å². The fourth-order valence-corrected chi connectivity index (χ4v) is 1.63. The molecule has 0 bridgehead atoms. The Morgan fingerprint density at radius 3 is 2.76 bits per heavy atom. The summed E-state index contributed by atoms with van der Waals surface area (Å²) in [6.07, 6.45) is 1.07. The molecule has 1 heterocycles. The van der Waals surface area contributed by atoms with Gasteiger partial charge in [-0.15, -0.1) is 0 Å². The maximum atomic E-state index is 5.62. The molecular formula is C12H20N4S. The molecule has 5 heteroatoms. The lowest BCUT2D eigenvalue weighted by Gasteiger charge is -2.11. The van der Waals surface area contributed by atoms with Gasteiger partial charge in [0.2, 0.25) is 0 Å². The first-order valence-corrected chi connectivity index (χ1v) is 6.07. The average Bonchev–Trinajstić information content (AvgIpc) is 2.23. The van der Waals surface area contributed by atoms with Gasteiger partial charge in [0.1, 0.15) is 10.8 Å². The Morgan fingerprint density at radius 2 is 2.18 bits per heavy atom. The highest BCUT2D eigenvalue weighted by Crippen LogP contribution is 2.10. The van der Waals surface area contributed by atoms with Gasteiger partial charge in [0, 0.05) is 17.8 Å². The van der Waals surface area contributed by atoms with Gasteiger partial charge >= 0.3 is 0 Å². The van der Waals surface area contributed by atoms with Crippen LogP contribution in [0.4, 0.5) is 5.82 Å². The van der Waals surface area contributed by atoms with E-state index in [1.165, 1.54) is 0 Å². The fourth-order valence-electron chi connectivity index (χ4n) is 1.51. The summed E-state index contributed by atoms with van der Waals surface area (Å²) >= 11 is 4.97. The highest BCUT2D eigenvalue weighted by atomic mass is 32.1. The zero-order valence-electron chi connectivity index (χ0n) is 10.7. The molecule has 0 amide bonds. The van der Waals surface area contributed by atoms with Gasteiger partial charge < -0.3 is 16.0 Å². The summed E-state index contributed by atoms with van der Waals surface area (Å²) in [4.78, 5) is 6.96. The molecule has 0 spiro atoms. The van der Waals surface area contributed by atoms with Crippen molar-refractivity contribution >= 4 is 23.0 Å². The quantitative estimate of drug-likeness (QED) is 0.592. The largest absolute Gasteiger partial charge is 0.389 e. The summed E-state index contributed by atoms with van der Waals surface area (Å²) < 4.78 is 0. The van der Waals surface area contributed by atoms with Crippen LogP contribution in [0.25, 0.3) is 0 Å². The predicted octanol–water partition coefficient (Wildman–Crippen LogP) is 1.39. The van der Waals surface area contributed by atoms with Crippen LogP contribution >= 0.6 is 12.2 Å². The highest BCUT2D eigenvalue weighted by Gasteiger charge is 2.02. The van der Waals surface area contributed by atoms with Crippen molar-refractivity contribution in [2.75, 3.05) is 32.5 Å². The van der Waals surface area contributed by atoms with Crippen molar-refractivity contribution < 1.29 is 0 Å². The summed E-state index contributed by atoms with van der Waals surface area (Å²) in [6.45, 7) is 3.89. The topological polar surface area (TPSA) is 54.2 Å². The molecule has 3 N–H and O–H groups in total. The van der Waals surface area contributed by atoms with Crippen LogP contribution in [-0.4, -0.2) is 42.1 Å². The van der Waals surface area contributed by atoms with Gasteiger partial charge in [0.05, 0.1) is 0 Å². The van der Waals surface area contributed by atoms with Gasteiger partial charge in [-0.3, -0.25) is 0 Å². The molecule has 0 fully saturated rings. The van der Waals surface area contributed by atoms with E-state index in [-0.39, 0.29) is 0 Å². The zero-order valence-corrected chi connectivity index (χ0v) is 11.5. The minimum atomic E-state index is 0.409. The van der Waals surface area contributed by atoms with E-state index in [1.54, 1.807) is 0 Å². The second kappa shape index (κ2) is 6.51. The Kier molecular flexibility index (Phi) is 5.31. The third-order valence-electron chi connectivity index (χ3n) is 2.33. The molecule has 0 aliphatic heterocycles. The van der Waals surface area contributed by atoms with Crippen LogP contribution < -0.4 is 11.1 Å². The molecule has 0 atom stereocenters. The zero-order chi connectivity index (χ0) is 12.8. The van der Waals surface area contributed by atoms with Gasteiger partial charge in [-0.1, -0.05) is 12.2 Å². The first-order valence-electron chi connectivity index (χ1n) is 5.66. The Labute approximate surface area is 108 Å². The molecule has 1 aromatic heterocycles. The third kappa shape index (κ3) is 5.10. The number of hydrogen-bond acceptors (Lipinski definition) is 4. The second-order valence-electron chi connectivity index (χ2n) is 4.33. The lowest BCUT2D eigenvalue weighted by atomic mass is 10.2. The van der Waals surface area contributed by atoms with Crippen molar-refractivity contribution in [3.05, 3.63) is 23.4 Å². The first kappa shape index (κ1) is 13.9. The maximum Gasteiger partial charge on any atom is 0.126 e. The first-order chi connectivity index (χ1) is 7.99. The van der Waals surface area contributed by atoms with Crippen LogP contribution in [0, 0.1) is 6.92 Å². The second-order valence-corrected chi connectivity index (χ2v) is 4.77. The van der Waals surface area contributed by atoms with Gasteiger partial charge in [-0.2, -0.15) is 0 Å². The van der Waals surface area contributed by atoms with E-state index in [9.17, 15) is 0 Å². The number of nitrogens with zero attached hydrogens (tertiary/aromatic N) is 2.